The van der Waals surface area contributed by atoms with Crippen molar-refractivity contribution in [2.75, 3.05) is 13.1 Å². The van der Waals surface area contributed by atoms with Gasteiger partial charge in [0, 0.05) is 24.3 Å². The van der Waals surface area contributed by atoms with Crippen LogP contribution in [0.1, 0.15) is 18.2 Å². The third-order valence-corrected chi connectivity index (χ3v) is 3.45. The molecule has 0 aliphatic rings. The fourth-order valence-corrected chi connectivity index (χ4v) is 2.65. The predicted octanol–water partition coefficient (Wildman–Crippen LogP) is 2.62. The molecular formula is C10H14BrNOS. The number of halogens is 1. The molecule has 0 aromatic carbocycles. The highest BCUT2D eigenvalue weighted by Crippen LogP contribution is 2.22. The molecule has 0 aliphatic carbocycles. The Morgan fingerprint density at radius 1 is 1.57 bits per heavy atom. The van der Waals surface area contributed by atoms with Crippen molar-refractivity contribution in [1.29, 1.82) is 0 Å². The average Bonchev–Trinajstić information content (AvgIpc) is 2.52. The molecule has 0 aliphatic heterocycles. The second kappa shape index (κ2) is 6.32. The highest BCUT2D eigenvalue weighted by molar-refractivity contribution is 9.11. The zero-order valence-electron chi connectivity index (χ0n) is 8.18. The minimum atomic E-state index is 0.306. The molecule has 0 spiro atoms. The molecule has 0 bridgehead atoms. The van der Waals surface area contributed by atoms with Crippen LogP contribution in [0.5, 0.6) is 0 Å². The Hall–Kier alpha value is -0.190. The van der Waals surface area contributed by atoms with Gasteiger partial charge in [-0.1, -0.05) is 6.92 Å². The summed E-state index contributed by atoms with van der Waals surface area (Å²) in [6, 6.07) is 3.98. The number of ketones is 1. The van der Waals surface area contributed by atoms with E-state index in [0.717, 1.165) is 21.8 Å². The van der Waals surface area contributed by atoms with Gasteiger partial charge in [0.2, 0.25) is 0 Å². The second-order valence-electron chi connectivity index (χ2n) is 3.02. The van der Waals surface area contributed by atoms with Crippen LogP contribution in [-0.2, 0) is 11.2 Å². The normalized spacial score (nSPS) is 10.4. The van der Waals surface area contributed by atoms with Crippen LogP contribution >= 0.6 is 27.3 Å². The molecule has 78 valence electrons. The molecule has 4 heteroatoms. The lowest BCUT2D eigenvalue weighted by Crippen LogP contribution is -2.18. The van der Waals surface area contributed by atoms with Gasteiger partial charge in [-0.2, -0.15) is 0 Å². The lowest BCUT2D eigenvalue weighted by Gasteiger charge is -1.99. The van der Waals surface area contributed by atoms with E-state index >= 15 is 0 Å². The first-order valence-electron chi connectivity index (χ1n) is 4.69. The maximum absolute atomic E-state index is 11.4. The highest BCUT2D eigenvalue weighted by atomic mass is 79.9. The quantitative estimate of drug-likeness (QED) is 0.809. The Morgan fingerprint density at radius 2 is 2.36 bits per heavy atom. The molecule has 0 atom stereocenters. The molecular weight excluding hydrogens is 262 g/mol. The fraction of sp³-hybridized carbons (Fsp3) is 0.500. The van der Waals surface area contributed by atoms with Gasteiger partial charge in [0.05, 0.1) is 3.79 Å². The van der Waals surface area contributed by atoms with Gasteiger partial charge in [0.25, 0.3) is 0 Å². The van der Waals surface area contributed by atoms with Crippen LogP contribution in [0.4, 0.5) is 0 Å². The summed E-state index contributed by atoms with van der Waals surface area (Å²) >= 11 is 5.01. The van der Waals surface area contributed by atoms with E-state index < -0.39 is 0 Å². The molecule has 0 amide bonds. The number of rotatable bonds is 6. The van der Waals surface area contributed by atoms with E-state index in [1.54, 1.807) is 11.3 Å². The summed E-state index contributed by atoms with van der Waals surface area (Å²) in [5.74, 6) is 0.306. The van der Waals surface area contributed by atoms with Crippen molar-refractivity contribution in [2.24, 2.45) is 0 Å². The van der Waals surface area contributed by atoms with Crippen molar-refractivity contribution in [1.82, 2.24) is 5.32 Å². The van der Waals surface area contributed by atoms with Crippen molar-refractivity contribution in [3.8, 4) is 0 Å². The van der Waals surface area contributed by atoms with E-state index in [4.69, 9.17) is 0 Å². The third kappa shape index (κ3) is 4.35. The van der Waals surface area contributed by atoms with Crippen molar-refractivity contribution in [3.63, 3.8) is 0 Å². The van der Waals surface area contributed by atoms with Crippen molar-refractivity contribution in [2.45, 2.75) is 19.8 Å². The summed E-state index contributed by atoms with van der Waals surface area (Å²) in [5, 5.41) is 3.14. The fourth-order valence-electron chi connectivity index (χ4n) is 1.13. The molecule has 0 unspecified atom stereocenters. The molecule has 0 saturated carbocycles. The molecule has 0 radical (unpaired) electrons. The van der Waals surface area contributed by atoms with Crippen LogP contribution in [0.3, 0.4) is 0 Å². The molecule has 0 fully saturated rings. The van der Waals surface area contributed by atoms with E-state index in [2.05, 4.69) is 21.2 Å². The van der Waals surface area contributed by atoms with Gasteiger partial charge in [-0.3, -0.25) is 4.79 Å². The van der Waals surface area contributed by atoms with Crippen LogP contribution in [0, 0.1) is 0 Å². The maximum Gasteiger partial charge on any atom is 0.139 e. The van der Waals surface area contributed by atoms with Gasteiger partial charge in [0.1, 0.15) is 5.78 Å². The molecule has 0 saturated heterocycles. The maximum atomic E-state index is 11.4. The van der Waals surface area contributed by atoms with Crippen LogP contribution in [0.2, 0.25) is 0 Å². The lowest BCUT2D eigenvalue weighted by molar-refractivity contribution is -0.118. The van der Waals surface area contributed by atoms with E-state index in [1.807, 2.05) is 19.1 Å². The summed E-state index contributed by atoms with van der Waals surface area (Å²) in [7, 11) is 0. The van der Waals surface area contributed by atoms with E-state index in [0.29, 0.717) is 18.6 Å². The Balaban J connectivity index is 2.27. The second-order valence-corrected chi connectivity index (χ2v) is 5.57. The third-order valence-electron chi connectivity index (χ3n) is 1.83. The number of nitrogens with one attached hydrogen (secondary N) is 1. The topological polar surface area (TPSA) is 29.1 Å². The minimum absolute atomic E-state index is 0.306. The highest BCUT2D eigenvalue weighted by Gasteiger charge is 2.05. The van der Waals surface area contributed by atoms with Crippen molar-refractivity contribution >= 4 is 33.0 Å². The first kappa shape index (κ1) is 11.9. The van der Waals surface area contributed by atoms with Crippen LogP contribution in [0.15, 0.2) is 15.9 Å². The SMILES string of the molecule is CCNCCC(=O)Cc1ccc(Br)s1. The van der Waals surface area contributed by atoms with E-state index in [-0.39, 0.29) is 0 Å². The summed E-state index contributed by atoms with van der Waals surface area (Å²) in [4.78, 5) is 12.6. The van der Waals surface area contributed by atoms with Gasteiger partial charge in [-0.05, 0) is 34.6 Å². The molecule has 14 heavy (non-hydrogen) atoms. The standard InChI is InChI=1S/C10H14BrNOS/c1-2-12-6-5-8(13)7-9-3-4-10(11)14-9/h3-4,12H,2,5-7H2,1H3. The molecule has 1 aromatic rings. The monoisotopic (exact) mass is 275 g/mol. The number of hydrogen-bond donors (Lipinski definition) is 1. The Kier molecular flexibility index (Phi) is 5.37. The molecule has 1 N–H and O–H groups in total. The predicted molar refractivity (Wildman–Crippen MR) is 63.9 cm³/mol. The average molecular weight is 276 g/mol. The molecule has 1 aromatic heterocycles. The molecule has 2 nitrogen and oxygen atoms in total. The largest absolute Gasteiger partial charge is 0.317 e. The lowest BCUT2D eigenvalue weighted by atomic mass is 10.2. The summed E-state index contributed by atoms with van der Waals surface area (Å²) in [6.45, 7) is 3.76. The summed E-state index contributed by atoms with van der Waals surface area (Å²) in [6.07, 6.45) is 1.20. The first-order valence-corrected chi connectivity index (χ1v) is 6.30. The van der Waals surface area contributed by atoms with Crippen molar-refractivity contribution < 1.29 is 4.79 Å². The molecule has 1 rings (SSSR count). The summed E-state index contributed by atoms with van der Waals surface area (Å²) in [5.41, 5.74) is 0. The van der Waals surface area contributed by atoms with Gasteiger partial charge in [-0.15, -0.1) is 11.3 Å². The van der Waals surface area contributed by atoms with E-state index in [1.165, 1.54) is 0 Å². The number of thiophene rings is 1. The van der Waals surface area contributed by atoms with E-state index in [9.17, 15) is 4.79 Å². The van der Waals surface area contributed by atoms with Crippen LogP contribution < -0.4 is 5.32 Å². The minimum Gasteiger partial charge on any atom is -0.317 e. The smallest absolute Gasteiger partial charge is 0.139 e. The number of carbonyl (C=O) groups excluding carboxylic acids is 1. The number of carbonyl (C=O) groups is 1. The molecule has 1 heterocycles. The van der Waals surface area contributed by atoms with Gasteiger partial charge in [-0.25, -0.2) is 0 Å². The number of hydrogen-bond acceptors (Lipinski definition) is 3. The number of Topliss-reactive ketones (excluding diaryl/α,β-unsaturated/α-hetero) is 1. The zero-order chi connectivity index (χ0) is 10.4. The van der Waals surface area contributed by atoms with Crippen LogP contribution in [0.25, 0.3) is 0 Å². The van der Waals surface area contributed by atoms with Crippen molar-refractivity contribution in [3.05, 3.63) is 20.8 Å². The first-order chi connectivity index (χ1) is 6.72. The van der Waals surface area contributed by atoms with Gasteiger partial charge < -0.3 is 5.32 Å². The summed E-state index contributed by atoms with van der Waals surface area (Å²) < 4.78 is 1.09. The van der Waals surface area contributed by atoms with Gasteiger partial charge in [0.15, 0.2) is 0 Å². The van der Waals surface area contributed by atoms with Crippen LogP contribution in [-0.4, -0.2) is 18.9 Å². The zero-order valence-corrected chi connectivity index (χ0v) is 10.6. The Bertz CT molecular complexity index is 298. The Morgan fingerprint density at radius 3 is 2.93 bits per heavy atom. The van der Waals surface area contributed by atoms with Gasteiger partial charge >= 0.3 is 0 Å². The Labute approximate surface area is 96.8 Å².